The minimum Gasteiger partial charge on any atom is -0.383 e. The molecule has 2 rings (SSSR count). The molecular formula is C21H24N2O6S. The van der Waals surface area contributed by atoms with E-state index in [-0.39, 0.29) is 29.8 Å². The van der Waals surface area contributed by atoms with E-state index in [9.17, 15) is 23.3 Å². The Kier molecular flexibility index (Phi) is 7.71. The van der Waals surface area contributed by atoms with Gasteiger partial charge in [0.05, 0.1) is 11.2 Å². The molecule has 0 unspecified atom stereocenters. The minimum absolute atomic E-state index is 0.0175. The van der Waals surface area contributed by atoms with E-state index in [4.69, 9.17) is 4.18 Å². The fourth-order valence-corrected chi connectivity index (χ4v) is 3.20. The van der Waals surface area contributed by atoms with Crippen molar-refractivity contribution >= 4 is 27.8 Å². The molecule has 0 N–H and O–H groups in total. The number of non-ortho nitro benzene ring substituents is 1. The van der Waals surface area contributed by atoms with Crippen LogP contribution in [0.4, 0.5) is 5.69 Å². The number of hydrogen-bond acceptors (Lipinski definition) is 6. The Morgan fingerprint density at radius 3 is 2.43 bits per heavy atom. The molecule has 0 atom stereocenters. The van der Waals surface area contributed by atoms with Crippen LogP contribution in [0.15, 0.2) is 54.6 Å². The number of nitro groups is 1. The SMILES string of the molecule is CC(C)CN(Cc1cccc(OS(C)(=O)=O)c1)C(=O)C=Cc1ccc([N+](=O)[O-])cc1. The number of nitrogens with zero attached hydrogens (tertiary/aromatic N) is 2. The van der Waals surface area contributed by atoms with Gasteiger partial charge in [-0.05, 0) is 47.4 Å². The smallest absolute Gasteiger partial charge is 0.306 e. The maximum atomic E-state index is 12.7. The van der Waals surface area contributed by atoms with Crippen molar-refractivity contribution in [3.8, 4) is 5.75 Å². The van der Waals surface area contributed by atoms with Gasteiger partial charge < -0.3 is 9.08 Å². The lowest BCUT2D eigenvalue weighted by Gasteiger charge is -2.23. The zero-order valence-electron chi connectivity index (χ0n) is 17.0. The lowest BCUT2D eigenvalue weighted by atomic mass is 10.1. The van der Waals surface area contributed by atoms with Gasteiger partial charge in [-0.15, -0.1) is 0 Å². The highest BCUT2D eigenvalue weighted by molar-refractivity contribution is 7.86. The van der Waals surface area contributed by atoms with E-state index in [0.717, 1.165) is 11.8 Å². The molecule has 0 aliphatic carbocycles. The van der Waals surface area contributed by atoms with Crippen molar-refractivity contribution in [3.05, 3.63) is 75.8 Å². The molecule has 0 saturated heterocycles. The van der Waals surface area contributed by atoms with Crippen molar-refractivity contribution < 1.29 is 22.3 Å². The molecule has 0 fully saturated rings. The Hall–Kier alpha value is -3.20. The molecule has 2 aromatic rings. The number of carbonyl (C=O) groups excluding carboxylic acids is 1. The zero-order valence-corrected chi connectivity index (χ0v) is 17.8. The Bertz CT molecular complexity index is 1030. The van der Waals surface area contributed by atoms with Crippen molar-refractivity contribution in [2.24, 2.45) is 5.92 Å². The van der Waals surface area contributed by atoms with E-state index >= 15 is 0 Å². The molecular weight excluding hydrogens is 408 g/mol. The molecule has 0 aromatic heterocycles. The van der Waals surface area contributed by atoms with Crippen LogP contribution >= 0.6 is 0 Å². The monoisotopic (exact) mass is 432 g/mol. The van der Waals surface area contributed by atoms with Crippen molar-refractivity contribution in [2.45, 2.75) is 20.4 Å². The quantitative estimate of drug-likeness (QED) is 0.259. The van der Waals surface area contributed by atoms with Gasteiger partial charge >= 0.3 is 10.1 Å². The minimum atomic E-state index is -3.64. The van der Waals surface area contributed by atoms with Crippen LogP contribution in [0.5, 0.6) is 5.75 Å². The summed E-state index contributed by atoms with van der Waals surface area (Å²) in [6, 6.07) is 12.5. The van der Waals surface area contributed by atoms with Gasteiger partial charge in [0.15, 0.2) is 0 Å². The highest BCUT2D eigenvalue weighted by Crippen LogP contribution is 2.18. The molecule has 30 heavy (non-hydrogen) atoms. The summed E-state index contributed by atoms with van der Waals surface area (Å²) in [5.41, 5.74) is 1.38. The molecule has 0 aliphatic heterocycles. The summed E-state index contributed by atoms with van der Waals surface area (Å²) in [6.07, 6.45) is 3.99. The van der Waals surface area contributed by atoms with Crippen LogP contribution in [0.2, 0.25) is 0 Å². The molecule has 9 heteroatoms. The van der Waals surface area contributed by atoms with E-state index in [1.165, 1.54) is 24.3 Å². The van der Waals surface area contributed by atoms with Gasteiger partial charge in [0.25, 0.3) is 5.69 Å². The van der Waals surface area contributed by atoms with E-state index < -0.39 is 15.0 Å². The second-order valence-corrected chi connectivity index (χ2v) is 8.80. The second-order valence-electron chi connectivity index (χ2n) is 7.23. The Morgan fingerprint density at radius 1 is 1.20 bits per heavy atom. The lowest BCUT2D eigenvalue weighted by Crippen LogP contribution is -2.32. The zero-order chi connectivity index (χ0) is 22.3. The first-order valence-electron chi connectivity index (χ1n) is 9.23. The van der Waals surface area contributed by atoms with E-state index in [0.29, 0.717) is 12.1 Å². The summed E-state index contributed by atoms with van der Waals surface area (Å²) in [5, 5.41) is 10.7. The maximum Gasteiger partial charge on any atom is 0.306 e. The standard InChI is InChI=1S/C21H24N2O6S/c1-16(2)14-22(15-18-5-4-6-20(13-18)29-30(3,27)28)21(24)12-9-17-7-10-19(11-8-17)23(25)26/h4-13,16H,14-15H2,1-3H3. The van der Waals surface area contributed by atoms with E-state index in [1.54, 1.807) is 41.3 Å². The molecule has 2 aromatic carbocycles. The molecule has 1 amide bonds. The van der Waals surface area contributed by atoms with Crippen LogP contribution in [0, 0.1) is 16.0 Å². The predicted octanol–water partition coefficient (Wildman–Crippen LogP) is 3.63. The highest BCUT2D eigenvalue weighted by Gasteiger charge is 2.14. The van der Waals surface area contributed by atoms with Gasteiger partial charge in [-0.1, -0.05) is 26.0 Å². The number of amides is 1. The average molecular weight is 432 g/mol. The number of benzene rings is 2. The molecule has 0 aliphatic rings. The summed E-state index contributed by atoms with van der Waals surface area (Å²) in [6.45, 7) is 4.76. The van der Waals surface area contributed by atoms with Gasteiger partial charge in [-0.3, -0.25) is 14.9 Å². The topological polar surface area (TPSA) is 107 Å². The molecule has 0 saturated carbocycles. The third kappa shape index (κ3) is 7.67. The number of rotatable bonds is 9. The summed E-state index contributed by atoms with van der Waals surface area (Å²) in [5.74, 6) is 0.182. The molecule has 0 bridgehead atoms. The Morgan fingerprint density at radius 2 is 1.87 bits per heavy atom. The third-order valence-electron chi connectivity index (χ3n) is 3.94. The van der Waals surface area contributed by atoms with Crippen molar-refractivity contribution in [2.75, 3.05) is 12.8 Å². The van der Waals surface area contributed by atoms with E-state index in [1.807, 2.05) is 13.8 Å². The Labute approximate surface area is 176 Å². The lowest BCUT2D eigenvalue weighted by molar-refractivity contribution is -0.384. The second kappa shape index (κ2) is 10.0. The van der Waals surface area contributed by atoms with Crippen LogP contribution in [-0.4, -0.2) is 36.9 Å². The van der Waals surface area contributed by atoms with Gasteiger partial charge in [-0.25, -0.2) is 0 Å². The van der Waals surface area contributed by atoms with Gasteiger partial charge in [0, 0.05) is 31.3 Å². The van der Waals surface area contributed by atoms with Gasteiger partial charge in [0.2, 0.25) is 5.91 Å². The van der Waals surface area contributed by atoms with Crippen LogP contribution < -0.4 is 4.18 Å². The summed E-state index contributed by atoms with van der Waals surface area (Å²) >= 11 is 0. The van der Waals surface area contributed by atoms with E-state index in [2.05, 4.69) is 0 Å². The highest BCUT2D eigenvalue weighted by atomic mass is 32.2. The number of carbonyl (C=O) groups is 1. The first-order valence-corrected chi connectivity index (χ1v) is 11.0. The fourth-order valence-electron chi connectivity index (χ4n) is 2.74. The average Bonchev–Trinajstić information content (AvgIpc) is 2.64. The van der Waals surface area contributed by atoms with Crippen LogP contribution in [0.25, 0.3) is 6.08 Å². The fraction of sp³-hybridized carbons (Fsp3) is 0.286. The molecule has 0 heterocycles. The first kappa shape index (κ1) is 23.1. The molecule has 160 valence electrons. The number of hydrogen-bond donors (Lipinski definition) is 0. The molecule has 8 nitrogen and oxygen atoms in total. The normalized spacial score (nSPS) is 11.6. The molecule has 0 spiro atoms. The van der Waals surface area contributed by atoms with Crippen LogP contribution in [0.3, 0.4) is 0 Å². The largest absolute Gasteiger partial charge is 0.383 e. The van der Waals surface area contributed by atoms with Crippen molar-refractivity contribution in [1.82, 2.24) is 4.90 Å². The van der Waals surface area contributed by atoms with Gasteiger partial charge in [-0.2, -0.15) is 8.42 Å². The third-order valence-corrected chi connectivity index (χ3v) is 4.43. The molecule has 0 radical (unpaired) electrons. The van der Waals surface area contributed by atoms with Crippen LogP contribution in [-0.2, 0) is 21.5 Å². The van der Waals surface area contributed by atoms with Crippen molar-refractivity contribution in [1.29, 1.82) is 0 Å². The number of nitro benzene ring substituents is 1. The summed E-state index contributed by atoms with van der Waals surface area (Å²) in [7, 11) is -3.64. The Balaban J connectivity index is 2.15. The summed E-state index contributed by atoms with van der Waals surface area (Å²) < 4.78 is 27.6. The maximum absolute atomic E-state index is 12.7. The van der Waals surface area contributed by atoms with Crippen molar-refractivity contribution in [3.63, 3.8) is 0 Å². The van der Waals surface area contributed by atoms with Crippen LogP contribution in [0.1, 0.15) is 25.0 Å². The van der Waals surface area contributed by atoms with Gasteiger partial charge in [0.1, 0.15) is 5.75 Å². The predicted molar refractivity (Wildman–Crippen MR) is 114 cm³/mol. The first-order chi connectivity index (χ1) is 14.0. The summed E-state index contributed by atoms with van der Waals surface area (Å²) in [4.78, 5) is 24.6.